The lowest BCUT2D eigenvalue weighted by molar-refractivity contribution is 0.102. The van der Waals surface area contributed by atoms with Crippen LogP contribution in [0.15, 0.2) is 43.0 Å². The standard InChI is InChI=1S/C17H17N5O/c1-11-6-12(2)8-14(7-11)16(23)21-15-9-19-17(20-10-15)22-5-4-18-13(22)3/h4-10H,1-3H3,(H,21,23). The van der Waals surface area contributed by atoms with E-state index in [2.05, 4.69) is 20.3 Å². The highest BCUT2D eigenvalue weighted by Crippen LogP contribution is 2.12. The lowest BCUT2D eigenvalue weighted by Crippen LogP contribution is -2.13. The fourth-order valence-electron chi connectivity index (χ4n) is 2.41. The van der Waals surface area contributed by atoms with Gasteiger partial charge in [-0.25, -0.2) is 15.0 Å². The smallest absolute Gasteiger partial charge is 0.255 e. The Morgan fingerprint density at radius 1 is 1.00 bits per heavy atom. The number of anilines is 1. The number of imidazole rings is 1. The highest BCUT2D eigenvalue weighted by Gasteiger charge is 2.09. The van der Waals surface area contributed by atoms with Crippen molar-refractivity contribution in [2.75, 3.05) is 5.32 Å². The summed E-state index contributed by atoms with van der Waals surface area (Å²) in [5.41, 5.74) is 3.28. The second-order valence-corrected chi connectivity index (χ2v) is 5.45. The van der Waals surface area contributed by atoms with E-state index in [9.17, 15) is 4.79 Å². The molecule has 0 radical (unpaired) electrons. The van der Waals surface area contributed by atoms with Gasteiger partial charge in [0.25, 0.3) is 5.91 Å². The van der Waals surface area contributed by atoms with E-state index in [0.717, 1.165) is 17.0 Å². The Labute approximate surface area is 134 Å². The summed E-state index contributed by atoms with van der Waals surface area (Å²) in [4.78, 5) is 25.0. The first-order valence-electron chi connectivity index (χ1n) is 7.25. The molecule has 2 heterocycles. The zero-order chi connectivity index (χ0) is 16.4. The summed E-state index contributed by atoms with van der Waals surface area (Å²) in [5.74, 6) is 1.15. The first-order valence-corrected chi connectivity index (χ1v) is 7.25. The minimum Gasteiger partial charge on any atom is -0.319 e. The van der Waals surface area contributed by atoms with E-state index in [1.165, 1.54) is 0 Å². The van der Waals surface area contributed by atoms with Crippen LogP contribution in [0.5, 0.6) is 0 Å². The number of nitrogens with zero attached hydrogens (tertiary/aromatic N) is 4. The molecule has 0 fully saturated rings. The van der Waals surface area contributed by atoms with Gasteiger partial charge in [0, 0.05) is 18.0 Å². The normalized spacial score (nSPS) is 10.6. The van der Waals surface area contributed by atoms with Crippen molar-refractivity contribution < 1.29 is 4.79 Å². The molecule has 3 aromatic rings. The second kappa shape index (κ2) is 6.00. The minimum absolute atomic E-state index is 0.174. The average Bonchev–Trinajstić information content (AvgIpc) is 2.93. The predicted molar refractivity (Wildman–Crippen MR) is 87.8 cm³/mol. The summed E-state index contributed by atoms with van der Waals surface area (Å²) in [5, 5.41) is 2.81. The summed E-state index contributed by atoms with van der Waals surface area (Å²) in [6, 6.07) is 5.74. The van der Waals surface area contributed by atoms with Gasteiger partial charge >= 0.3 is 0 Å². The highest BCUT2D eigenvalue weighted by atomic mass is 16.1. The Kier molecular flexibility index (Phi) is 3.89. The molecule has 0 aliphatic rings. The van der Waals surface area contributed by atoms with Crippen molar-refractivity contribution in [3.8, 4) is 5.95 Å². The maximum Gasteiger partial charge on any atom is 0.255 e. The Morgan fingerprint density at radius 3 is 2.22 bits per heavy atom. The largest absolute Gasteiger partial charge is 0.319 e. The molecular formula is C17H17N5O. The fraction of sp³-hybridized carbons (Fsp3) is 0.176. The van der Waals surface area contributed by atoms with Gasteiger partial charge in [0.15, 0.2) is 0 Å². The molecule has 2 aromatic heterocycles. The van der Waals surface area contributed by atoms with Gasteiger partial charge in [-0.05, 0) is 32.9 Å². The molecule has 0 aliphatic heterocycles. The van der Waals surface area contributed by atoms with E-state index in [1.807, 2.05) is 39.0 Å². The van der Waals surface area contributed by atoms with E-state index < -0.39 is 0 Å². The van der Waals surface area contributed by atoms with Crippen molar-refractivity contribution in [2.24, 2.45) is 0 Å². The van der Waals surface area contributed by atoms with Gasteiger partial charge in [-0.15, -0.1) is 0 Å². The van der Waals surface area contributed by atoms with Crippen LogP contribution < -0.4 is 5.32 Å². The molecule has 0 aliphatic carbocycles. The van der Waals surface area contributed by atoms with Crippen molar-refractivity contribution in [2.45, 2.75) is 20.8 Å². The molecule has 0 saturated carbocycles. The lowest BCUT2D eigenvalue weighted by Gasteiger charge is -2.08. The number of aromatic nitrogens is 4. The average molecular weight is 307 g/mol. The second-order valence-electron chi connectivity index (χ2n) is 5.45. The number of aryl methyl sites for hydroxylation is 3. The fourth-order valence-corrected chi connectivity index (χ4v) is 2.41. The summed E-state index contributed by atoms with van der Waals surface area (Å²) in [7, 11) is 0. The minimum atomic E-state index is -0.174. The summed E-state index contributed by atoms with van der Waals surface area (Å²) in [6.07, 6.45) is 6.65. The Bertz CT molecular complexity index is 831. The molecule has 6 heteroatoms. The Morgan fingerprint density at radius 2 is 1.65 bits per heavy atom. The van der Waals surface area contributed by atoms with Gasteiger partial charge in [-0.2, -0.15) is 0 Å². The number of hydrogen-bond donors (Lipinski definition) is 1. The van der Waals surface area contributed by atoms with Crippen molar-refractivity contribution in [3.05, 3.63) is 65.5 Å². The van der Waals surface area contributed by atoms with E-state index in [0.29, 0.717) is 17.2 Å². The molecule has 3 rings (SSSR count). The molecule has 0 atom stereocenters. The number of carbonyl (C=O) groups excluding carboxylic acids is 1. The van der Waals surface area contributed by atoms with Crippen LogP contribution in [0.2, 0.25) is 0 Å². The molecule has 1 N–H and O–H groups in total. The summed E-state index contributed by atoms with van der Waals surface area (Å²) < 4.78 is 1.77. The quantitative estimate of drug-likeness (QED) is 0.807. The van der Waals surface area contributed by atoms with E-state index in [-0.39, 0.29) is 5.91 Å². The van der Waals surface area contributed by atoms with E-state index >= 15 is 0 Å². The van der Waals surface area contributed by atoms with Gasteiger partial charge in [-0.1, -0.05) is 17.2 Å². The highest BCUT2D eigenvalue weighted by molar-refractivity contribution is 6.04. The van der Waals surface area contributed by atoms with Gasteiger partial charge < -0.3 is 5.32 Å². The molecular weight excluding hydrogens is 290 g/mol. The van der Waals surface area contributed by atoms with Crippen LogP contribution in [0.3, 0.4) is 0 Å². The van der Waals surface area contributed by atoms with Crippen molar-refractivity contribution in [3.63, 3.8) is 0 Å². The van der Waals surface area contributed by atoms with Crippen LogP contribution in [0.25, 0.3) is 5.95 Å². The van der Waals surface area contributed by atoms with Crippen LogP contribution in [0.1, 0.15) is 27.3 Å². The van der Waals surface area contributed by atoms with Crippen molar-refractivity contribution in [1.29, 1.82) is 0 Å². The zero-order valence-electron chi connectivity index (χ0n) is 13.2. The number of rotatable bonds is 3. The number of nitrogens with one attached hydrogen (secondary N) is 1. The summed E-state index contributed by atoms with van der Waals surface area (Å²) in [6.45, 7) is 5.81. The molecule has 1 amide bonds. The number of amides is 1. The van der Waals surface area contributed by atoms with Crippen molar-refractivity contribution >= 4 is 11.6 Å². The lowest BCUT2D eigenvalue weighted by atomic mass is 10.1. The zero-order valence-corrected chi connectivity index (χ0v) is 13.2. The predicted octanol–water partition coefficient (Wildman–Crippen LogP) is 2.84. The maximum absolute atomic E-state index is 12.3. The van der Waals surface area contributed by atoms with Gasteiger partial charge in [-0.3, -0.25) is 9.36 Å². The number of hydrogen-bond acceptors (Lipinski definition) is 4. The third kappa shape index (κ3) is 3.26. The van der Waals surface area contributed by atoms with Crippen LogP contribution >= 0.6 is 0 Å². The maximum atomic E-state index is 12.3. The Hall–Kier alpha value is -3.02. The van der Waals surface area contributed by atoms with Crippen LogP contribution in [-0.4, -0.2) is 25.4 Å². The monoisotopic (exact) mass is 307 g/mol. The molecule has 116 valence electrons. The summed E-state index contributed by atoms with van der Waals surface area (Å²) >= 11 is 0. The number of benzene rings is 1. The molecule has 0 unspecified atom stereocenters. The first kappa shape index (κ1) is 14.9. The third-order valence-electron chi connectivity index (χ3n) is 3.42. The first-order chi connectivity index (χ1) is 11.0. The van der Waals surface area contributed by atoms with Crippen LogP contribution in [0, 0.1) is 20.8 Å². The van der Waals surface area contributed by atoms with Gasteiger partial charge in [0.1, 0.15) is 5.82 Å². The Balaban J connectivity index is 1.78. The molecule has 0 spiro atoms. The number of carbonyl (C=O) groups is 1. The van der Waals surface area contributed by atoms with E-state index in [4.69, 9.17) is 0 Å². The van der Waals surface area contributed by atoms with Gasteiger partial charge in [0.05, 0.1) is 18.1 Å². The van der Waals surface area contributed by atoms with Crippen LogP contribution in [0.4, 0.5) is 5.69 Å². The molecule has 23 heavy (non-hydrogen) atoms. The van der Waals surface area contributed by atoms with E-state index in [1.54, 1.807) is 29.4 Å². The topological polar surface area (TPSA) is 72.7 Å². The SMILES string of the molecule is Cc1cc(C)cc(C(=O)Nc2cnc(-n3ccnc3C)nc2)c1. The third-order valence-corrected chi connectivity index (χ3v) is 3.42. The molecule has 1 aromatic carbocycles. The van der Waals surface area contributed by atoms with Crippen LogP contribution in [-0.2, 0) is 0 Å². The molecule has 0 saturated heterocycles. The molecule has 6 nitrogen and oxygen atoms in total. The molecule has 0 bridgehead atoms. The van der Waals surface area contributed by atoms with Crippen molar-refractivity contribution in [1.82, 2.24) is 19.5 Å². The van der Waals surface area contributed by atoms with Gasteiger partial charge in [0.2, 0.25) is 5.95 Å².